The van der Waals surface area contributed by atoms with Crippen LogP contribution in [0.5, 0.6) is 0 Å². The number of carbonyl (C=O) groups is 1. The molecule has 4 rings (SSSR count). The molecular formula is C20H22ClN7O2. The van der Waals surface area contributed by atoms with E-state index in [0.29, 0.717) is 47.6 Å². The Labute approximate surface area is 179 Å². The lowest BCUT2D eigenvalue weighted by molar-refractivity contribution is 0.0422. The Kier molecular flexibility index (Phi) is 5.65. The maximum absolute atomic E-state index is 13.4. The standard InChI is InChI=1S/C20H22ClN7O2/c1-13-10-19(24-15(3)23-13)28-9-8-26(12-14(2)30-28)20(29)17-5-4-16(21)11-18(17)27-7-6-22-25-27/h4-7,10-11,14H,8-9,12H2,1-3H3/t14-/m0/s1. The van der Waals surface area contributed by atoms with Crippen LogP contribution in [0.4, 0.5) is 5.82 Å². The van der Waals surface area contributed by atoms with Gasteiger partial charge in [0, 0.05) is 29.9 Å². The molecule has 3 aromatic rings. The second-order valence-corrected chi connectivity index (χ2v) is 7.63. The SMILES string of the molecule is Cc1cc(N2CCN(C(=O)c3ccc(Cl)cc3-n3ccnn3)C[C@H](C)O2)nc(C)n1. The summed E-state index contributed by atoms with van der Waals surface area (Å²) >= 11 is 6.16. The number of nitrogens with zero attached hydrogens (tertiary/aromatic N) is 7. The molecule has 9 nitrogen and oxygen atoms in total. The summed E-state index contributed by atoms with van der Waals surface area (Å²) in [7, 11) is 0. The quantitative estimate of drug-likeness (QED) is 0.634. The van der Waals surface area contributed by atoms with Gasteiger partial charge in [0.15, 0.2) is 5.82 Å². The van der Waals surface area contributed by atoms with Crippen LogP contribution in [-0.2, 0) is 4.84 Å². The topological polar surface area (TPSA) is 89.3 Å². The molecule has 1 fully saturated rings. The van der Waals surface area contributed by atoms with Crippen LogP contribution in [0.15, 0.2) is 36.7 Å². The molecule has 0 saturated carbocycles. The summed E-state index contributed by atoms with van der Waals surface area (Å²) in [4.78, 5) is 30.0. The Morgan fingerprint density at radius 1 is 1.20 bits per heavy atom. The molecule has 1 aliphatic heterocycles. The summed E-state index contributed by atoms with van der Waals surface area (Å²) in [6.07, 6.45) is 3.02. The van der Waals surface area contributed by atoms with E-state index >= 15 is 0 Å². The first-order chi connectivity index (χ1) is 14.4. The average molecular weight is 428 g/mol. The summed E-state index contributed by atoms with van der Waals surface area (Å²) in [5.41, 5.74) is 1.95. The minimum atomic E-state index is -0.214. The summed E-state index contributed by atoms with van der Waals surface area (Å²) in [5, 5.41) is 10.1. The number of rotatable bonds is 3. The van der Waals surface area contributed by atoms with Crippen LogP contribution in [0, 0.1) is 13.8 Å². The maximum Gasteiger partial charge on any atom is 0.256 e. The van der Waals surface area contributed by atoms with E-state index in [1.165, 1.54) is 4.68 Å². The van der Waals surface area contributed by atoms with Crippen molar-refractivity contribution in [2.75, 3.05) is 24.7 Å². The number of aromatic nitrogens is 5. The smallest absolute Gasteiger partial charge is 0.256 e. The Bertz CT molecular complexity index is 1040. The molecule has 1 atom stereocenters. The summed E-state index contributed by atoms with van der Waals surface area (Å²) < 4.78 is 1.54. The van der Waals surface area contributed by atoms with Gasteiger partial charge >= 0.3 is 0 Å². The van der Waals surface area contributed by atoms with E-state index in [2.05, 4.69) is 20.3 Å². The third kappa shape index (κ3) is 4.27. The fraction of sp³-hybridized carbons (Fsp3) is 0.350. The number of anilines is 1. The number of amides is 1. The minimum Gasteiger partial charge on any atom is -0.334 e. The summed E-state index contributed by atoms with van der Waals surface area (Å²) in [5.74, 6) is 1.25. The van der Waals surface area contributed by atoms with E-state index in [4.69, 9.17) is 16.4 Å². The molecule has 30 heavy (non-hydrogen) atoms. The van der Waals surface area contributed by atoms with Crippen LogP contribution in [-0.4, -0.2) is 61.5 Å². The number of carbonyl (C=O) groups excluding carboxylic acids is 1. The average Bonchev–Trinajstić information content (AvgIpc) is 3.16. The van der Waals surface area contributed by atoms with E-state index in [1.54, 1.807) is 40.6 Å². The first-order valence-corrected chi connectivity index (χ1v) is 10.0. The van der Waals surface area contributed by atoms with Gasteiger partial charge in [-0.2, -0.15) is 0 Å². The molecule has 1 aromatic carbocycles. The zero-order chi connectivity index (χ0) is 21.3. The van der Waals surface area contributed by atoms with Crippen molar-refractivity contribution in [2.24, 2.45) is 0 Å². The number of benzene rings is 1. The third-order valence-electron chi connectivity index (χ3n) is 4.71. The van der Waals surface area contributed by atoms with Crippen LogP contribution in [0.1, 0.15) is 28.8 Å². The zero-order valence-electron chi connectivity index (χ0n) is 17.0. The van der Waals surface area contributed by atoms with Crippen molar-refractivity contribution in [2.45, 2.75) is 26.9 Å². The number of hydrogen-bond acceptors (Lipinski definition) is 7. The van der Waals surface area contributed by atoms with Crippen LogP contribution >= 0.6 is 11.6 Å². The Morgan fingerprint density at radius 3 is 2.77 bits per heavy atom. The number of hydrogen-bond donors (Lipinski definition) is 0. The van der Waals surface area contributed by atoms with Crippen molar-refractivity contribution in [3.63, 3.8) is 0 Å². The van der Waals surface area contributed by atoms with Gasteiger partial charge < -0.3 is 4.90 Å². The molecule has 1 amide bonds. The predicted octanol–water partition coefficient (Wildman–Crippen LogP) is 2.61. The second-order valence-electron chi connectivity index (χ2n) is 7.19. The van der Waals surface area contributed by atoms with Crippen LogP contribution in [0.25, 0.3) is 5.69 Å². The van der Waals surface area contributed by atoms with Crippen molar-refractivity contribution in [1.29, 1.82) is 0 Å². The molecular weight excluding hydrogens is 406 g/mol. The van der Waals surface area contributed by atoms with E-state index < -0.39 is 0 Å². The highest BCUT2D eigenvalue weighted by molar-refractivity contribution is 6.31. The lowest BCUT2D eigenvalue weighted by Crippen LogP contribution is -2.37. The summed E-state index contributed by atoms with van der Waals surface area (Å²) in [6, 6.07) is 7.00. The Morgan fingerprint density at radius 2 is 2.03 bits per heavy atom. The van der Waals surface area contributed by atoms with Gasteiger partial charge in [0.05, 0.1) is 30.2 Å². The highest BCUT2D eigenvalue weighted by Crippen LogP contribution is 2.23. The van der Waals surface area contributed by atoms with Gasteiger partial charge in [-0.15, -0.1) is 5.10 Å². The molecule has 0 N–H and O–H groups in total. The van der Waals surface area contributed by atoms with Crippen molar-refractivity contribution < 1.29 is 9.63 Å². The normalized spacial score (nSPS) is 17.1. The van der Waals surface area contributed by atoms with Gasteiger partial charge in [0.25, 0.3) is 5.91 Å². The molecule has 156 valence electrons. The molecule has 1 aliphatic rings. The highest BCUT2D eigenvalue weighted by Gasteiger charge is 2.27. The van der Waals surface area contributed by atoms with Crippen molar-refractivity contribution >= 4 is 23.3 Å². The van der Waals surface area contributed by atoms with Gasteiger partial charge in [0.2, 0.25) is 0 Å². The zero-order valence-corrected chi connectivity index (χ0v) is 17.7. The van der Waals surface area contributed by atoms with Crippen LogP contribution < -0.4 is 5.06 Å². The largest absolute Gasteiger partial charge is 0.334 e. The minimum absolute atomic E-state index is 0.121. The third-order valence-corrected chi connectivity index (χ3v) is 4.95. The molecule has 0 spiro atoms. The Hall–Kier alpha value is -3.04. The molecule has 2 aromatic heterocycles. The molecule has 0 aliphatic carbocycles. The van der Waals surface area contributed by atoms with Gasteiger partial charge in [0.1, 0.15) is 11.9 Å². The van der Waals surface area contributed by atoms with Gasteiger partial charge in [-0.3, -0.25) is 9.63 Å². The number of aryl methyl sites for hydroxylation is 2. The van der Waals surface area contributed by atoms with Crippen LogP contribution in [0.2, 0.25) is 5.02 Å². The lowest BCUT2D eigenvalue weighted by Gasteiger charge is -2.22. The Balaban J connectivity index is 1.59. The maximum atomic E-state index is 13.4. The fourth-order valence-corrected chi connectivity index (χ4v) is 3.64. The van der Waals surface area contributed by atoms with Gasteiger partial charge in [-0.05, 0) is 39.0 Å². The first kappa shape index (κ1) is 20.2. The molecule has 3 heterocycles. The molecule has 0 unspecified atom stereocenters. The van der Waals surface area contributed by atoms with Crippen molar-refractivity contribution in [1.82, 2.24) is 29.9 Å². The van der Waals surface area contributed by atoms with E-state index in [-0.39, 0.29) is 12.0 Å². The monoisotopic (exact) mass is 427 g/mol. The van der Waals surface area contributed by atoms with Gasteiger partial charge in [-0.25, -0.2) is 19.7 Å². The van der Waals surface area contributed by atoms with Crippen LogP contribution in [0.3, 0.4) is 0 Å². The summed E-state index contributed by atoms with van der Waals surface area (Å²) in [6.45, 7) is 7.10. The van der Waals surface area contributed by atoms with E-state index in [1.807, 2.05) is 26.8 Å². The van der Waals surface area contributed by atoms with Gasteiger partial charge in [-0.1, -0.05) is 16.8 Å². The lowest BCUT2D eigenvalue weighted by atomic mass is 10.1. The molecule has 10 heteroatoms. The highest BCUT2D eigenvalue weighted by atomic mass is 35.5. The van der Waals surface area contributed by atoms with E-state index in [0.717, 1.165) is 5.69 Å². The molecule has 0 bridgehead atoms. The molecule has 1 saturated heterocycles. The number of hydroxylamine groups is 1. The fourth-order valence-electron chi connectivity index (χ4n) is 3.48. The van der Waals surface area contributed by atoms with Crippen molar-refractivity contribution in [3.8, 4) is 5.69 Å². The van der Waals surface area contributed by atoms with Crippen molar-refractivity contribution in [3.05, 3.63) is 58.8 Å². The van der Waals surface area contributed by atoms with E-state index in [9.17, 15) is 4.79 Å². The predicted molar refractivity (Wildman–Crippen MR) is 112 cm³/mol. The first-order valence-electron chi connectivity index (χ1n) is 9.63. The molecule has 0 radical (unpaired) electrons. The second kappa shape index (κ2) is 8.37. The number of halogens is 1.